The van der Waals surface area contributed by atoms with E-state index in [2.05, 4.69) is 15.3 Å². The van der Waals surface area contributed by atoms with E-state index in [0.29, 0.717) is 16.8 Å². The molecule has 166 valence electrons. The summed E-state index contributed by atoms with van der Waals surface area (Å²) in [4.78, 5) is 19.0. The number of nitrogens with two attached hydrogens (primary N) is 1. The number of alkyl halides is 2. The number of halogens is 3. The molecule has 3 aromatic rings. The highest BCUT2D eigenvalue weighted by atomic mass is 19.3. The van der Waals surface area contributed by atoms with E-state index in [9.17, 15) is 18.0 Å². The molecular formula is C20H21F3N4O4. The number of fused-ring (bicyclic) bond motifs is 1. The number of pyridine rings is 1. The Labute approximate surface area is 175 Å². The van der Waals surface area contributed by atoms with Crippen LogP contribution in [-0.2, 0) is 0 Å². The average molecular weight is 438 g/mol. The average Bonchev–Trinajstić information content (AvgIpc) is 3.08. The molecule has 0 spiro atoms. The van der Waals surface area contributed by atoms with E-state index in [1.54, 1.807) is 19.1 Å². The number of amides is 2. The molecular weight excluding hydrogens is 417 g/mol. The maximum absolute atomic E-state index is 14.5. The molecule has 0 aliphatic rings. The molecule has 8 nitrogen and oxygen atoms in total. The highest BCUT2D eigenvalue weighted by Gasteiger charge is 2.21. The molecule has 1 atom stereocenters. The van der Waals surface area contributed by atoms with Crippen LogP contribution in [0.1, 0.15) is 20.3 Å². The number of carbonyl (C=O) groups is 1. The molecule has 3 N–H and O–H groups in total. The molecule has 0 aliphatic carbocycles. The van der Waals surface area contributed by atoms with Crippen LogP contribution in [0.5, 0.6) is 11.5 Å². The molecule has 31 heavy (non-hydrogen) atoms. The number of aromatic nitrogens is 2. The molecule has 2 amide bonds. The van der Waals surface area contributed by atoms with Crippen LogP contribution >= 0.6 is 0 Å². The van der Waals surface area contributed by atoms with Crippen molar-refractivity contribution in [2.75, 3.05) is 13.2 Å². The first-order valence-corrected chi connectivity index (χ1v) is 9.36. The summed E-state index contributed by atoms with van der Waals surface area (Å²) < 4.78 is 56.6. The van der Waals surface area contributed by atoms with Gasteiger partial charge in [0.2, 0.25) is 11.8 Å². The maximum atomic E-state index is 14.5. The zero-order valence-electron chi connectivity index (χ0n) is 16.8. The van der Waals surface area contributed by atoms with Crippen molar-refractivity contribution < 1.29 is 31.9 Å². The molecule has 11 heteroatoms. The second-order valence-corrected chi connectivity index (χ2v) is 7.04. The van der Waals surface area contributed by atoms with Crippen LogP contribution < -0.4 is 20.5 Å². The van der Waals surface area contributed by atoms with E-state index in [0.717, 1.165) is 13.0 Å². The lowest BCUT2D eigenvalue weighted by molar-refractivity contribution is 0.000870. The Hall–Kier alpha value is -3.50. The lowest BCUT2D eigenvalue weighted by Gasteiger charge is -2.13. The zero-order chi connectivity index (χ0) is 22.6. The van der Waals surface area contributed by atoms with Gasteiger partial charge in [-0.3, -0.25) is 0 Å². The quantitative estimate of drug-likeness (QED) is 0.524. The number of primary amides is 1. The Balaban J connectivity index is 1.70. The summed E-state index contributed by atoms with van der Waals surface area (Å²) in [6, 6.07) is 4.67. The van der Waals surface area contributed by atoms with Crippen molar-refractivity contribution >= 4 is 17.1 Å². The number of nitrogens with one attached hydrogen (secondary N) is 1. The number of nitrogens with zero attached hydrogens (tertiary/aromatic N) is 2. The van der Waals surface area contributed by atoms with Crippen molar-refractivity contribution in [3.05, 3.63) is 36.3 Å². The van der Waals surface area contributed by atoms with Crippen LogP contribution in [0.15, 0.2) is 34.9 Å². The lowest BCUT2D eigenvalue weighted by atomic mass is 10.3. The Morgan fingerprint density at radius 1 is 1.29 bits per heavy atom. The molecule has 2 heterocycles. The van der Waals surface area contributed by atoms with E-state index in [-0.39, 0.29) is 36.6 Å². The second-order valence-electron chi connectivity index (χ2n) is 7.04. The number of rotatable bonds is 9. The molecule has 0 radical (unpaired) electrons. The van der Waals surface area contributed by atoms with Crippen LogP contribution in [0.3, 0.4) is 0 Å². The van der Waals surface area contributed by atoms with Gasteiger partial charge in [0.25, 0.3) is 0 Å². The first kappa shape index (κ1) is 22.2. The fourth-order valence-electron chi connectivity index (χ4n) is 2.61. The standard InChI is InChI=1S/C20H21F3N4O4/c1-11(26-19(24)28)10-30-13-7-14(21)17(25-9-13)18-27-15-4-3-12(8-16(15)31-18)29-6-5-20(2,22)23/h3-4,7-9,11H,5-6,10H2,1-2H3,(H3,24,26,28)/t11-/m0/s1. The third-order valence-electron chi connectivity index (χ3n) is 4.08. The third kappa shape index (κ3) is 6.24. The van der Waals surface area contributed by atoms with E-state index < -0.39 is 24.2 Å². The SMILES string of the molecule is C[C@@H](COc1cnc(-c2nc3ccc(OCCC(C)(F)F)cc3o2)c(F)c1)NC(N)=O. The summed E-state index contributed by atoms with van der Waals surface area (Å²) in [7, 11) is 0. The molecule has 0 fully saturated rings. The maximum Gasteiger partial charge on any atom is 0.312 e. The van der Waals surface area contributed by atoms with Crippen molar-refractivity contribution in [2.24, 2.45) is 5.73 Å². The van der Waals surface area contributed by atoms with Crippen LogP contribution in [0, 0.1) is 5.82 Å². The molecule has 1 aromatic carbocycles. The van der Waals surface area contributed by atoms with Crippen molar-refractivity contribution in [3.63, 3.8) is 0 Å². The number of ether oxygens (including phenoxy) is 2. The Kier molecular flexibility index (Phi) is 6.52. The fourth-order valence-corrected chi connectivity index (χ4v) is 2.61. The van der Waals surface area contributed by atoms with Crippen LogP contribution in [0.2, 0.25) is 0 Å². The van der Waals surface area contributed by atoms with Crippen LogP contribution in [0.4, 0.5) is 18.0 Å². The van der Waals surface area contributed by atoms with Crippen molar-refractivity contribution in [1.29, 1.82) is 0 Å². The number of carbonyl (C=O) groups excluding carboxylic acids is 1. The number of hydrogen-bond acceptors (Lipinski definition) is 6. The Morgan fingerprint density at radius 3 is 2.74 bits per heavy atom. The molecule has 0 saturated carbocycles. The smallest absolute Gasteiger partial charge is 0.312 e. The van der Waals surface area contributed by atoms with Crippen LogP contribution in [-0.4, -0.2) is 41.2 Å². The summed E-state index contributed by atoms with van der Waals surface area (Å²) in [5, 5.41) is 2.43. The van der Waals surface area contributed by atoms with Gasteiger partial charge in [0, 0.05) is 18.6 Å². The summed E-state index contributed by atoms with van der Waals surface area (Å²) in [5.74, 6) is -3.12. The molecule has 3 rings (SSSR count). The van der Waals surface area contributed by atoms with Gasteiger partial charge in [-0.1, -0.05) is 0 Å². The number of hydrogen-bond donors (Lipinski definition) is 2. The predicted octanol–water partition coefficient (Wildman–Crippen LogP) is 3.89. The summed E-state index contributed by atoms with van der Waals surface area (Å²) in [6.07, 6.45) is 0.872. The second kappa shape index (κ2) is 9.11. The van der Waals surface area contributed by atoms with Gasteiger partial charge in [-0.2, -0.15) is 0 Å². The van der Waals surface area contributed by atoms with Gasteiger partial charge in [0.05, 0.1) is 18.8 Å². The molecule has 0 unspecified atom stereocenters. The van der Waals surface area contributed by atoms with Gasteiger partial charge >= 0.3 is 6.03 Å². The molecule has 0 aliphatic heterocycles. The third-order valence-corrected chi connectivity index (χ3v) is 4.08. The fraction of sp³-hybridized carbons (Fsp3) is 0.350. The first-order valence-electron chi connectivity index (χ1n) is 9.36. The highest BCUT2D eigenvalue weighted by Crippen LogP contribution is 2.29. The summed E-state index contributed by atoms with van der Waals surface area (Å²) in [6.45, 7) is 2.39. The summed E-state index contributed by atoms with van der Waals surface area (Å²) >= 11 is 0. The zero-order valence-corrected chi connectivity index (χ0v) is 16.8. The Morgan fingerprint density at radius 2 is 2.06 bits per heavy atom. The molecule has 0 saturated heterocycles. The van der Waals surface area contributed by atoms with E-state index in [1.165, 1.54) is 12.3 Å². The minimum absolute atomic E-state index is 0.0555. The highest BCUT2D eigenvalue weighted by molar-refractivity contribution is 5.77. The van der Waals surface area contributed by atoms with Crippen molar-refractivity contribution in [3.8, 4) is 23.1 Å². The number of benzene rings is 1. The van der Waals surface area contributed by atoms with E-state index in [1.807, 2.05) is 0 Å². The minimum Gasteiger partial charge on any atom is -0.493 e. The van der Waals surface area contributed by atoms with Gasteiger partial charge in [-0.25, -0.2) is 27.9 Å². The largest absolute Gasteiger partial charge is 0.493 e. The minimum atomic E-state index is -2.82. The Bertz CT molecular complexity index is 1070. The van der Waals surface area contributed by atoms with Gasteiger partial charge in [-0.15, -0.1) is 0 Å². The number of oxazole rings is 1. The van der Waals surface area contributed by atoms with Crippen LogP contribution in [0.25, 0.3) is 22.7 Å². The van der Waals surface area contributed by atoms with Crippen molar-refractivity contribution in [2.45, 2.75) is 32.2 Å². The van der Waals surface area contributed by atoms with Gasteiger partial charge in [-0.05, 0) is 26.0 Å². The molecule has 2 aromatic heterocycles. The van der Waals surface area contributed by atoms with Crippen molar-refractivity contribution in [1.82, 2.24) is 15.3 Å². The van der Waals surface area contributed by atoms with Gasteiger partial charge in [0.1, 0.15) is 23.6 Å². The predicted molar refractivity (Wildman–Crippen MR) is 106 cm³/mol. The lowest BCUT2D eigenvalue weighted by Crippen LogP contribution is -2.40. The van der Waals surface area contributed by atoms with E-state index in [4.69, 9.17) is 19.6 Å². The topological polar surface area (TPSA) is 112 Å². The van der Waals surface area contributed by atoms with Gasteiger partial charge < -0.3 is 24.9 Å². The first-order chi connectivity index (χ1) is 14.6. The van der Waals surface area contributed by atoms with Gasteiger partial charge in [0.15, 0.2) is 17.1 Å². The summed E-state index contributed by atoms with van der Waals surface area (Å²) in [5.41, 5.74) is 5.62. The molecule has 0 bridgehead atoms. The monoisotopic (exact) mass is 438 g/mol. The van der Waals surface area contributed by atoms with E-state index >= 15 is 0 Å². The number of urea groups is 1. The normalized spacial score (nSPS) is 12.5.